The van der Waals surface area contributed by atoms with Crippen molar-refractivity contribution in [2.24, 2.45) is 0 Å². The number of ether oxygens (including phenoxy) is 1. The van der Waals surface area contributed by atoms with Crippen LogP contribution in [0, 0.1) is 0 Å². The van der Waals surface area contributed by atoms with Gasteiger partial charge in [0.05, 0.1) is 0 Å². The van der Waals surface area contributed by atoms with Crippen LogP contribution in [0.1, 0.15) is 33.6 Å². The van der Waals surface area contributed by atoms with Crippen LogP contribution in [0.5, 0.6) is 0 Å². The molecule has 1 fully saturated rings. The Hall–Kier alpha value is -0.0900. The molecule has 1 N–H and O–H groups in total. The summed E-state index contributed by atoms with van der Waals surface area (Å²) in [6, 6.07) is 0.227. The van der Waals surface area contributed by atoms with Gasteiger partial charge in [-0.05, 0) is 40.2 Å². The van der Waals surface area contributed by atoms with Crippen molar-refractivity contribution in [3.8, 4) is 0 Å². The summed E-state index contributed by atoms with van der Waals surface area (Å²) in [4.78, 5) is 11.4. The van der Waals surface area contributed by atoms with E-state index in [1.165, 1.54) is 0 Å². The van der Waals surface area contributed by atoms with Crippen LogP contribution >= 0.6 is 15.9 Å². The van der Waals surface area contributed by atoms with Gasteiger partial charge in [0.1, 0.15) is 10.4 Å². The Morgan fingerprint density at radius 3 is 2.64 bits per heavy atom. The number of hydrogen-bond donors (Lipinski definition) is 1. The second-order valence-corrected chi connectivity index (χ2v) is 5.62. The first kappa shape index (κ1) is 12.0. The fourth-order valence-electron chi connectivity index (χ4n) is 1.48. The van der Waals surface area contributed by atoms with Gasteiger partial charge in [-0.2, -0.15) is 0 Å². The van der Waals surface area contributed by atoms with E-state index in [1.807, 2.05) is 20.8 Å². The monoisotopic (exact) mass is 263 g/mol. The van der Waals surface area contributed by atoms with E-state index in [-0.39, 0.29) is 16.8 Å². The van der Waals surface area contributed by atoms with E-state index in [0.717, 1.165) is 19.4 Å². The highest BCUT2D eigenvalue weighted by Crippen LogP contribution is 2.19. The van der Waals surface area contributed by atoms with Crippen molar-refractivity contribution in [2.75, 3.05) is 6.54 Å². The Morgan fingerprint density at radius 2 is 2.21 bits per heavy atom. The molecule has 1 heterocycles. The molecule has 14 heavy (non-hydrogen) atoms. The number of nitrogens with one attached hydrogen (secondary N) is 1. The third kappa shape index (κ3) is 3.58. The van der Waals surface area contributed by atoms with E-state index >= 15 is 0 Å². The molecule has 3 nitrogen and oxygen atoms in total. The lowest BCUT2D eigenvalue weighted by molar-refractivity contribution is -0.154. The average Bonchev–Trinajstić information content (AvgIpc) is 2.51. The van der Waals surface area contributed by atoms with Gasteiger partial charge in [0.25, 0.3) is 0 Å². The van der Waals surface area contributed by atoms with E-state index in [2.05, 4.69) is 21.2 Å². The van der Waals surface area contributed by atoms with E-state index in [1.54, 1.807) is 0 Å². The molecular weight excluding hydrogens is 246 g/mol. The van der Waals surface area contributed by atoms with E-state index in [9.17, 15) is 4.79 Å². The summed E-state index contributed by atoms with van der Waals surface area (Å²) in [6.07, 6.45) is 2.17. The zero-order valence-electron chi connectivity index (χ0n) is 8.97. The van der Waals surface area contributed by atoms with Crippen LogP contribution < -0.4 is 5.32 Å². The minimum atomic E-state index is -0.401. The predicted octanol–water partition coefficient (Wildman–Crippen LogP) is 1.84. The molecule has 2 unspecified atom stereocenters. The van der Waals surface area contributed by atoms with Gasteiger partial charge >= 0.3 is 5.97 Å². The first-order valence-electron chi connectivity index (χ1n) is 5.00. The zero-order chi connectivity index (χ0) is 10.8. The highest BCUT2D eigenvalue weighted by atomic mass is 79.9. The van der Waals surface area contributed by atoms with Gasteiger partial charge in [-0.1, -0.05) is 15.9 Å². The molecule has 1 saturated heterocycles. The van der Waals surface area contributed by atoms with Crippen LogP contribution in [0.25, 0.3) is 0 Å². The average molecular weight is 264 g/mol. The molecule has 2 atom stereocenters. The maximum Gasteiger partial charge on any atom is 0.321 e. The molecule has 0 spiro atoms. The number of carbonyl (C=O) groups excluding carboxylic acids is 1. The minimum absolute atomic E-state index is 0.170. The molecule has 0 aliphatic carbocycles. The summed E-state index contributed by atoms with van der Waals surface area (Å²) in [5.74, 6) is -0.170. The maximum absolute atomic E-state index is 11.6. The molecule has 1 aliphatic heterocycles. The summed E-state index contributed by atoms with van der Waals surface area (Å²) in [5, 5.41) is 3.28. The largest absolute Gasteiger partial charge is 0.459 e. The highest BCUT2D eigenvalue weighted by Gasteiger charge is 2.31. The predicted molar refractivity (Wildman–Crippen MR) is 59.6 cm³/mol. The second kappa shape index (κ2) is 4.62. The number of rotatable bonds is 2. The van der Waals surface area contributed by atoms with Gasteiger partial charge in [0.2, 0.25) is 0 Å². The molecule has 0 amide bonds. The van der Waals surface area contributed by atoms with Gasteiger partial charge < -0.3 is 10.1 Å². The summed E-state index contributed by atoms with van der Waals surface area (Å²) >= 11 is 3.39. The molecule has 4 heteroatoms. The molecule has 0 aromatic rings. The van der Waals surface area contributed by atoms with Crippen molar-refractivity contribution < 1.29 is 9.53 Å². The number of carbonyl (C=O) groups is 1. The molecule has 1 aliphatic rings. The Bertz CT molecular complexity index is 207. The number of hydrogen-bond acceptors (Lipinski definition) is 3. The van der Waals surface area contributed by atoms with Gasteiger partial charge in [-0.25, -0.2) is 0 Å². The molecule has 0 aromatic carbocycles. The van der Waals surface area contributed by atoms with Gasteiger partial charge in [-0.15, -0.1) is 0 Å². The maximum atomic E-state index is 11.6. The molecule has 0 aromatic heterocycles. The Morgan fingerprint density at radius 1 is 1.57 bits per heavy atom. The van der Waals surface area contributed by atoms with E-state index in [0.29, 0.717) is 0 Å². The zero-order valence-corrected chi connectivity index (χ0v) is 10.6. The van der Waals surface area contributed by atoms with Crippen molar-refractivity contribution in [2.45, 2.75) is 50.1 Å². The van der Waals surface area contributed by atoms with Gasteiger partial charge in [-0.3, -0.25) is 4.79 Å². The van der Waals surface area contributed by atoms with Crippen molar-refractivity contribution >= 4 is 21.9 Å². The topological polar surface area (TPSA) is 38.3 Å². The first-order chi connectivity index (χ1) is 6.40. The van der Waals surface area contributed by atoms with Crippen LogP contribution in [0.2, 0.25) is 0 Å². The summed E-state index contributed by atoms with van der Waals surface area (Å²) in [6.45, 7) is 6.64. The van der Waals surface area contributed by atoms with Crippen LogP contribution in [0.15, 0.2) is 0 Å². The third-order valence-electron chi connectivity index (χ3n) is 2.08. The van der Waals surface area contributed by atoms with Crippen molar-refractivity contribution in [1.82, 2.24) is 5.32 Å². The normalized spacial score (nSPS) is 24.7. The second-order valence-electron chi connectivity index (χ2n) is 4.64. The van der Waals surface area contributed by atoms with Crippen LogP contribution in [0.4, 0.5) is 0 Å². The summed E-state index contributed by atoms with van der Waals surface area (Å²) in [5.41, 5.74) is -0.401. The molecular formula is C10H18BrNO2. The fourth-order valence-corrected chi connectivity index (χ4v) is 2.03. The Balaban J connectivity index is 2.43. The van der Waals surface area contributed by atoms with Crippen LogP contribution in [0.3, 0.4) is 0 Å². The summed E-state index contributed by atoms with van der Waals surface area (Å²) in [7, 11) is 0. The van der Waals surface area contributed by atoms with E-state index < -0.39 is 5.60 Å². The van der Waals surface area contributed by atoms with Crippen LogP contribution in [-0.4, -0.2) is 29.0 Å². The molecule has 0 saturated carbocycles. The lowest BCUT2D eigenvalue weighted by atomic mass is 10.1. The molecule has 0 radical (unpaired) electrons. The van der Waals surface area contributed by atoms with Crippen LogP contribution in [-0.2, 0) is 9.53 Å². The number of halogens is 1. The standard InChI is InChI=1S/C10H18BrNO2/c1-10(2,3)14-9(13)8(11)7-5-4-6-12-7/h7-8,12H,4-6H2,1-3H3. The Kier molecular flexibility index (Phi) is 3.95. The molecule has 0 bridgehead atoms. The summed E-state index contributed by atoms with van der Waals surface area (Å²) < 4.78 is 5.29. The first-order valence-corrected chi connectivity index (χ1v) is 5.92. The number of alkyl halides is 1. The van der Waals surface area contributed by atoms with Crippen molar-refractivity contribution in [1.29, 1.82) is 0 Å². The van der Waals surface area contributed by atoms with Gasteiger partial charge in [0, 0.05) is 6.04 Å². The quantitative estimate of drug-likeness (QED) is 0.611. The SMILES string of the molecule is CC(C)(C)OC(=O)C(Br)C1CCCN1. The Labute approximate surface area is 93.7 Å². The lowest BCUT2D eigenvalue weighted by Gasteiger charge is -2.24. The van der Waals surface area contributed by atoms with E-state index in [4.69, 9.17) is 4.74 Å². The smallest absolute Gasteiger partial charge is 0.321 e. The number of esters is 1. The van der Waals surface area contributed by atoms with Crippen molar-refractivity contribution in [3.05, 3.63) is 0 Å². The van der Waals surface area contributed by atoms with Crippen molar-refractivity contribution in [3.63, 3.8) is 0 Å². The highest BCUT2D eigenvalue weighted by molar-refractivity contribution is 9.10. The third-order valence-corrected chi connectivity index (χ3v) is 3.10. The fraction of sp³-hybridized carbons (Fsp3) is 0.900. The molecule has 1 rings (SSSR count). The minimum Gasteiger partial charge on any atom is -0.459 e. The van der Waals surface area contributed by atoms with Gasteiger partial charge in [0.15, 0.2) is 0 Å². The molecule has 82 valence electrons. The lowest BCUT2D eigenvalue weighted by Crippen LogP contribution is -2.40.